The van der Waals surface area contributed by atoms with Gasteiger partial charge in [0.25, 0.3) is 0 Å². The average Bonchev–Trinajstić information content (AvgIpc) is 2.17. The van der Waals surface area contributed by atoms with Gasteiger partial charge in [0.2, 0.25) is 0 Å². The molecule has 15 heavy (non-hydrogen) atoms. The zero-order valence-corrected chi connectivity index (χ0v) is 14.4. The van der Waals surface area contributed by atoms with E-state index in [1.807, 2.05) is 18.2 Å². The number of benzene rings is 1. The van der Waals surface area contributed by atoms with Crippen LogP contribution in [-0.4, -0.2) is 16.3 Å². The Bertz CT molecular complexity index is 318. The van der Waals surface area contributed by atoms with E-state index in [1.165, 1.54) is 0 Å². The number of alkyl halides is 2. The first kappa shape index (κ1) is 14.0. The predicted octanol–water partition coefficient (Wildman–Crippen LogP) is 5.14. The lowest BCUT2D eigenvalue weighted by Crippen LogP contribution is -2.27. The van der Waals surface area contributed by atoms with Crippen molar-refractivity contribution >= 4 is 63.7 Å². The van der Waals surface area contributed by atoms with Gasteiger partial charge in [-0.3, -0.25) is 0 Å². The Hall–Kier alpha value is 0.940. The molecule has 0 bridgehead atoms. The summed E-state index contributed by atoms with van der Waals surface area (Å²) in [6.07, 6.45) is 0. The molecule has 1 aromatic rings. The number of hydrogen-bond acceptors (Lipinski definition) is 1. The SMILES string of the molecule is CC(Br)(CBr)COc1c(Br)cccc1Br. The highest BCUT2D eigenvalue weighted by molar-refractivity contribution is 9.12. The minimum atomic E-state index is -0.0538. The highest BCUT2D eigenvalue weighted by atomic mass is 79.9. The molecule has 5 heteroatoms. The number of halogens is 4. The van der Waals surface area contributed by atoms with Crippen molar-refractivity contribution in [2.24, 2.45) is 0 Å². The van der Waals surface area contributed by atoms with Gasteiger partial charge in [0.1, 0.15) is 12.4 Å². The van der Waals surface area contributed by atoms with Crippen LogP contribution in [0.1, 0.15) is 6.92 Å². The van der Waals surface area contributed by atoms with Gasteiger partial charge in [-0.1, -0.05) is 37.9 Å². The molecule has 0 spiro atoms. The molecule has 0 N–H and O–H groups in total. The fourth-order valence-electron chi connectivity index (χ4n) is 0.882. The second-order valence-electron chi connectivity index (χ2n) is 3.39. The van der Waals surface area contributed by atoms with E-state index in [9.17, 15) is 0 Å². The van der Waals surface area contributed by atoms with Gasteiger partial charge in [-0.15, -0.1) is 0 Å². The predicted molar refractivity (Wildman–Crippen MR) is 78.5 cm³/mol. The lowest BCUT2D eigenvalue weighted by atomic mass is 10.2. The maximum absolute atomic E-state index is 5.75. The van der Waals surface area contributed by atoms with Crippen LogP contribution in [0.4, 0.5) is 0 Å². The normalized spacial score (nSPS) is 14.7. The summed E-state index contributed by atoms with van der Waals surface area (Å²) in [5, 5.41) is 0.835. The maximum Gasteiger partial charge on any atom is 0.147 e. The van der Waals surface area contributed by atoms with Crippen LogP contribution in [0.3, 0.4) is 0 Å². The first-order chi connectivity index (χ1) is 6.96. The molecule has 84 valence electrons. The molecule has 0 fully saturated rings. The summed E-state index contributed by atoms with van der Waals surface area (Å²) in [5.74, 6) is 0.837. The van der Waals surface area contributed by atoms with Crippen molar-refractivity contribution in [1.29, 1.82) is 0 Å². The van der Waals surface area contributed by atoms with Crippen LogP contribution in [0.5, 0.6) is 5.75 Å². The van der Waals surface area contributed by atoms with Crippen LogP contribution in [-0.2, 0) is 0 Å². The van der Waals surface area contributed by atoms with Crippen LogP contribution in [0.15, 0.2) is 27.1 Å². The van der Waals surface area contributed by atoms with Crippen molar-refractivity contribution < 1.29 is 4.74 Å². The number of rotatable bonds is 4. The fourth-order valence-corrected chi connectivity index (χ4v) is 2.39. The third-order valence-corrected chi connectivity index (χ3v) is 5.46. The molecule has 0 aliphatic carbocycles. The number of ether oxygens (including phenoxy) is 1. The molecule has 0 heterocycles. The molecule has 0 saturated carbocycles. The second-order valence-corrected chi connectivity index (χ2v) is 7.57. The van der Waals surface area contributed by atoms with Crippen LogP contribution >= 0.6 is 63.7 Å². The van der Waals surface area contributed by atoms with Gasteiger partial charge >= 0.3 is 0 Å². The van der Waals surface area contributed by atoms with E-state index >= 15 is 0 Å². The van der Waals surface area contributed by atoms with Crippen LogP contribution in [0.25, 0.3) is 0 Å². The van der Waals surface area contributed by atoms with E-state index in [0.717, 1.165) is 20.0 Å². The maximum atomic E-state index is 5.75. The molecule has 0 aliphatic rings. The Kier molecular flexibility index (Phi) is 5.63. The monoisotopic (exact) mass is 462 g/mol. The minimum absolute atomic E-state index is 0.0538. The average molecular weight is 466 g/mol. The molecule has 0 radical (unpaired) electrons. The molecule has 0 saturated heterocycles. The first-order valence-electron chi connectivity index (χ1n) is 4.28. The molecule has 1 aromatic carbocycles. The van der Waals surface area contributed by atoms with Crippen molar-refractivity contribution in [3.8, 4) is 5.75 Å². The van der Waals surface area contributed by atoms with Gasteiger partial charge in [0.15, 0.2) is 0 Å². The van der Waals surface area contributed by atoms with Gasteiger partial charge < -0.3 is 4.74 Å². The van der Waals surface area contributed by atoms with Gasteiger partial charge in [0.05, 0.1) is 13.3 Å². The Morgan fingerprint density at radius 3 is 2.27 bits per heavy atom. The summed E-state index contributed by atoms with van der Waals surface area (Å²) in [7, 11) is 0. The van der Waals surface area contributed by atoms with Gasteiger partial charge in [-0.2, -0.15) is 0 Å². The smallest absolute Gasteiger partial charge is 0.147 e. The van der Waals surface area contributed by atoms with E-state index in [2.05, 4.69) is 70.6 Å². The van der Waals surface area contributed by atoms with E-state index < -0.39 is 0 Å². The summed E-state index contributed by atoms with van der Waals surface area (Å²) >= 11 is 13.9. The topological polar surface area (TPSA) is 9.23 Å². The van der Waals surface area contributed by atoms with E-state index in [-0.39, 0.29) is 4.32 Å². The first-order valence-corrected chi connectivity index (χ1v) is 7.78. The third kappa shape index (κ3) is 4.36. The summed E-state index contributed by atoms with van der Waals surface area (Å²) in [6.45, 7) is 2.67. The highest BCUT2D eigenvalue weighted by Gasteiger charge is 2.20. The molecular weight excluding hydrogens is 456 g/mol. The molecule has 1 rings (SSSR count). The standard InChI is InChI=1S/C10H10Br4O/c1-10(14,5-11)6-15-9-7(12)3-2-4-8(9)13/h2-4H,5-6H2,1H3. The third-order valence-electron chi connectivity index (χ3n) is 1.72. The number of hydrogen-bond donors (Lipinski definition) is 0. The lowest BCUT2D eigenvalue weighted by Gasteiger charge is -2.20. The fraction of sp³-hybridized carbons (Fsp3) is 0.400. The van der Waals surface area contributed by atoms with Crippen molar-refractivity contribution in [2.45, 2.75) is 11.2 Å². The summed E-state index contributed by atoms with van der Waals surface area (Å²) < 4.78 is 7.61. The molecule has 1 atom stereocenters. The van der Waals surface area contributed by atoms with Crippen molar-refractivity contribution in [3.63, 3.8) is 0 Å². The summed E-state index contributed by atoms with van der Waals surface area (Å²) in [4.78, 5) is 0. The Labute approximate surface area is 123 Å². The van der Waals surface area contributed by atoms with Gasteiger partial charge in [-0.25, -0.2) is 0 Å². The Balaban J connectivity index is 2.73. The molecule has 1 unspecified atom stereocenters. The van der Waals surface area contributed by atoms with E-state index in [0.29, 0.717) is 6.61 Å². The summed E-state index contributed by atoms with van der Waals surface area (Å²) in [5.41, 5.74) is 0. The van der Waals surface area contributed by atoms with Crippen LogP contribution < -0.4 is 4.74 Å². The van der Waals surface area contributed by atoms with Crippen molar-refractivity contribution in [3.05, 3.63) is 27.1 Å². The van der Waals surface area contributed by atoms with E-state index in [4.69, 9.17) is 4.74 Å². The molecule has 0 amide bonds. The van der Waals surface area contributed by atoms with E-state index in [1.54, 1.807) is 0 Å². The summed E-state index contributed by atoms with van der Waals surface area (Å²) in [6, 6.07) is 5.87. The van der Waals surface area contributed by atoms with Gasteiger partial charge in [-0.05, 0) is 50.9 Å². The van der Waals surface area contributed by atoms with Gasteiger partial charge in [0, 0.05) is 5.33 Å². The molecular formula is C10H10Br4O. The van der Waals surface area contributed by atoms with Crippen LogP contribution in [0, 0.1) is 0 Å². The zero-order valence-electron chi connectivity index (χ0n) is 8.07. The second kappa shape index (κ2) is 6.03. The van der Waals surface area contributed by atoms with Crippen LogP contribution in [0.2, 0.25) is 0 Å². The van der Waals surface area contributed by atoms with Crippen molar-refractivity contribution in [1.82, 2.24) is 0 Å². The number of para-hydroxylation sites is 1. The largest absolute Gasteiger partial charge is 0.490 e. The van der Waals surface area contributed by atoms with Crippen molar-refractivity contribution in [2.75, 3.05) is 11.9 Å². The Morgan fingerprint density at radius 2 is 1.80 bits per heavy atom. The Morgan fingerprint density at radius 1 is 1.27 bits per heavy atom. The molecule has 1 nitrogen and oxygen atoms in total. The molecule has 0 aromatic heterocycles. The quantitative estimate of drug-likeness (QED) is 0.560. The minimum Gasteiger partial charge on any atom is -0.490 e. The lowest BCUT2D eigenvalue weighted by molar-refractivity contribution is 0.290. The molecule has 0 aliphatic heterocycles. The zero-order chi connectivity index (χ0) is 11.5. The highest BCUT2D eigenvalue weighted by Crippen LogP contribution is 2.34.